The van der Waals surface area contributed by atoms with Gasteiger partial charge in [-0.3, -0.25) is 4.79 Å². The number of benzene rings is 2. The highest BCUT2D eigenvalue weighted by Gasteiger charge is 2.23. The van der Waals surface area contributed by atoms with Crippen molar-refractivity contribution < 1.29 is 4.79 Å². The monoisotopic (exact) mass is 426 g/mol. The molecule has 0 aliphatic carbocycles. The Labute approximate surface area is 171 Å². The first-order valence-electron chi connectivity index (χ1n) is 7.78. The van der Waals surface area contributed by atoms with E-state index in [2.05, 4.69) is 5.10 Å². The summed E-state index contributed by atoms with van der Waals surface area (Å²) in [7, 11) is 0. The lowest BCUT2D eigenvalue weighted by Crippen LogP contribution is -2.16. The number of carbonyl (C=O) groups excluding carboxylic acids is 1. The molecule has 0 bridgehead atoms. The Morgan fingerprint density at radius 2 is 1.38 bits per heavy atom. The first-order chi connectivity index (χ1) is 12.3. The molecule has 26 heavy (non-hydrogen) atoms. The van der Waals surface area contributed by atoms with Gasteiger partial charge >= 0.3 is 0 Å². The van der Waals surface area contributed by atoms with Crippen molar-refractivity contribution in [3.63, 3.8) is 0 Å². The SMILES string of the molecule is Cc1nn(C(=O)c2c(Cl)cccc2Cl)c(C)c1Cc1c(Cl)cccc1Cl. The van der Waals surface area contributed by atoms with Crippen LogP contribution in [0.3, 0.4) is 0 Å². The highest BCUT2D eigenvalue weighted by atomic mass is 35.5. The molecule has 0 atom stereocenters. The van der Waals surface area contributed by atoms with Crippen LogP contribution >= 0.6 is 46.4 Å². The van der Waals surface area contributed by atoms with Crippen LogP contribution in [0.4, 0.5) is 0 Å². The molecular weight excluding hydrogens is 414 g/mol. The van der Waals surface area contributed by atoms with Gasteiger partial charge in [0.05, 0.1) is 21.3 Å². The molecule has 3 nitrogen and oxygen atoms in total. The summed E-state index contributed by atoms with van der Waals surface area (Å²) in [5.41, 5.74) is 3.32. The fourth-order valence-corrected chi connectivity index (χ4v) is 3.90. The van der Waals surface area contributed by atoms with Crippen molar-refractivity contribution in [2.45, 2.75) is 20.3 Å². The maximum Gasteiger partial charge on any atom is 0.281 e. The van der Waals surface area contributed by atoms with Gasteiger partial charge in [0.25, 0.3) is 5.91 Å². The van der Waals surface area contributed by atoms with E-state index in [1.165, 1.54) is 4.68 Å². The van der Waals surface area contributed by atoms with E-state index < -0.39 is 0 Å². The van der Waals surface area contributed by atoms with Gasteiger partial charge in [0.2, 0.25) is 0 Å². The Morgan fingerprint density at radius 1 is 0.885 bits per heavy atom. The Kier molecular flexibility index (Phi) is 5.64. The van der Waals surface area contributed by atoms with Crippen molar-refractivity contribution in [2.75, 3.05) is 0 Å². The van der Waals surface area contributed by atoms with Crippen LogP contribution in [0.2, 0.25) is 20.1 Å². The molecule has 0 aliphatic heterocycles. The van der Waals surface area contributed by atoms with E-state index in [4.69, 9.17) is 46.4 Å². The fourth-order valence-electron chi connectivity index (χ4n) is 2.81. The van der Waals surface area contributed by atoms with E-state index in [1.54, 1.807) is 36.4 Å². The first-order valence-corrected chi connectivity index (χ1v) is 9.29. The highest BCUT2D eigenvalue weighted by Crippen LogP contribution is 2.30. The molecule has 7 heteroatoms. The summed E-state index contributed by atoms with van der Waals surface area (Å²) in [6.07, 6.45) is 0.472. The van der Waals surface area contributed by atoms with Gasteiger partial charge in [-0.25, -0.2) is 4.68 Å². The minimum atomic E-state index is -0.377. The van der Waals surface area contributed by atoms with Crippen LogP contribution in [0.25, 0.3) is 0 Å². The van der Waals surface area contributed by atoms with Gasteiger partial charge in [0.15, 0.2) is 0 Å². The number of rotatable bonds is 3. The summed E-state index contributed by atoms with van der Waals surface area (Å²) in [4.78, 5) is 12.9. The number of halogens is 4. The molecule has 0 radical (unpaired) electrons. The zero-order chi connectivity index (χ0) is 19.0. The second-order valence-corrected chi connectivity index (χ2v) is 7.47. The van der Waals surface area contributed by atoms with Crippen LogP contribution in [0.1, 0.15) is 32.9 Å². The quantitative estimate of drug-likeness (QED) is 0.485. The third-order valence-corrected chi connectivity index (χ3v) is 5.56. The molecule has 0 amide bonds. The molecule has 3 aromatic rings. The van der Waals surface area contributed by atoms with Crippen LogP contribution in [-0.2, 0) is 6.42 Å². The molecule has 0 fully saturated rings. The Balaban J connectivity index is 2.05. The molecule has 134 valence electrons. The normalized spacial score (nSPS) is 11.0. The van der Waals surface area contributed by atoms with E-state index >= 15 is 0 Å². The zero-order valence-electron chi connectivity index (χ0n) is 14.0. The largest absolute Gasteiger partial charge is 0.281 e. The molecule has 0 saturated carbocycles. The smallest absolute Gasteiger partial charge is 0.267 e. The molecule has 0 saturated heterocycles. The average Bonchev–Trinajstić information content (AvgIpc) is 2.85. The van der Waals surface area contributed by atoms with E-state index in [0.717, 1.165) is 16.8 Å². The third-order valence-electron chi connectivity index (χ3n) is 4.23. The molecular formula is C19H14Cl4N2O. The minimum absolute atomic E-state index is 0.226. The van der Waals surface area contributed by atoms with Crippen LogP contribution in [0.15, 0.2) is 36.4 Å². The van der Waals surface area contributed by atoms with Crippen LogP contribution in [0.5, 0.6) is 0 Å². The number of hydrogen-bond acceptors (Lipinski definition) is 2. The fraction of sp³-hybridized carbons (Fsp3) is 0.158. The maximum absolute atomic E-state index is 12.9. The number of nitrogens with zero attached hydrogens (tertiary/aromatic N) is 2. The van der Waals surface area contributed by atoms with Gasteiger partial charge in [0, 0.05) is 27.7 Å². The van der Waals surface area contributed by atoms with Crippen LogP contribution in [-0.4, -0.2) is 15.7 Å². The molecule has 0 spiro atoms. The van der Waals surface area contributed by atoms with Crippen LogP contribution < -0.4 is 0 Å². The van der Waals surface area contributed by atoms with Crippen molar-refractivity contribution in [1.82, 2.24) is 9.78 Å². The van der Waals surface area contributed by atoms with E-state index in [9.17, 15) is 4.79 Å². The minimum Gasteiger partial charge on any atom is -0.267 e. The average molecular weight is 428 g/mol. The Bertz CT molecular complexity index is 971. The Morgan fingerprint density at radius 3 is 1.92 bits per heavy atom. The number of carbonyl (C=O) groups is 1. The number of hydrogen-bond donors (Lipinski definition) is 0. The topological polar surface area (TPSA) is 34.9 Å². The summed E-state index contributed by atoms with van der Waals surface area (Å²) >= 11 is 24.9. The summed E-state index contributed by atoms with van der Waals surface area (Å²) in [6.45, 7) is 3.66. The van der Waals surface area contributed by atoms with E-state index in [1.807, 2.05) is 13.8 Å². The van der Waals surface area contributed by atoms with Gasteiger partial charge in [-0.05, 0) is 43.7 Å². The van der Waals surface area contributed by atoms with Crippen molar-refractivity contribution >= 4 is 52.3 Å². The summed E-state index contributed by atoms with van der Waals surface area (Å²) in [5, 5.41) is 6.10. The zero-order valence-corrected chi connectivity index (χ0v) is 17.0. The summed E-state index contributed by atoms with van der Waals surface area (Å²) < 4.78 is 1.32. The third kappa shape index (κ3) is 3.49. The molecule has 0 N–H and O–H groups in total. The number of aryl methyl sites for hydroxylation is 1. The lowest BCUT2D eigenvalue weighted by molar-refractivity contribution is 0.0942. The van der Waals surface area contributed by atoms with Gasteiger partial charge in [-0.15, -0.1) is 0 Å². The van der Waals surface area contributed by atoms with Crippen molar-refractivity contribution in [1.29, 1.82) is 0 Å². The van der Waals surface area contributed by atoms with Crippen LogP contribution in [0, 0.1) is 13.8 Å². The number of aromatic nitrogens is 2. The summed E-state index contributed by atoms with van der Waals surface area (Å²) in [6, 6.07) is 10.3. The molecule has 0 aliphatic rings. The first kappa shape index (κ1) is 19.2. The van der Waals surface area contributed by atoms with E-state index in [0.29, 0.717) is 22.2 Å². The molecule has 1 heterocycles. The van der Waals surface area contributed by atoms with Gasteiger partial charge in [-0.1, -0.05) is 58.5 Å². The standard InChI is InChI=1S/C19H14Cl4N2O/c1-10-12(9-13-14(20)5-3-6-15(13)21)11(2)25(24-10)19(26)18-16(22)7-4-8-17(18)23/h3-8H,9H2,1-2H3. The van der Waals surface area contributed by atoms with Crippen molar-refractivity contribution in [2.24, 2.45) is 0 Å². The van der Waals surface area contributed by atoms with Crippen molar-refractivity contribution in [3.05, 3.63) is 84.6 Å². The second kappa shape index (κ2) is 7.61. The molecule has 2 aromatic carbocycles. The molecule has 0 unspecified atom stereocenters. The van der Waals surface area contributed by atoms with Gasteiger partial charge in [0.1, 0.15) is 0 Å². The second-order valence-electron chi connectivity index (χ2n) is 5.84. The van der Waals surface area contributed by atoms with Crippen molar-refractivity contribution in [3.8, 4) is 0 Å². The lowest BCUT2D eigenvalue weighted by Gasteiger charge is -2.09. The predicted octanol–water partition coefficient (Wildman–Crippen LogP) is 6.39. The Hall–Kier alpha value is -1.52. The van der Waals surface area contributed by atoms with Gasteiger partial charge in [-0.2, -0.15) is 5.10 Å². The van der Waals surface area contributed by atoms with Gasteiger partial charge < -0.3 is 0 Å². The van der Waals surface area contributed by atoms with E-state index in [-0.39, 0.29) is 21.5 Å². The lowest BCUT2D eigenvalue weighted by atomic mass is 10.0. The molecule has 1 aromatic heterocycles. The predicted molar refractivity (Wildman–Crippen MR) is 107 cm³/mol. The maximum atomic E-state index is 12.9. The summed E-state index contributed by atoms with van der Waals surface area (Å²) in [5.74, 6) is -0.377. The molecule has 3 rings (SSSR count). The highest BCUT2D eigenvalue weighted by molar-refractivity contribution is 6.39.